The maximum Gasteiger partial charge on any atom is 0.244 e. The predicted octanol–water partition coefficient (Wildman–Crippen LogP) is 1.79. The minimum Gasteiger partial charge on any atom is -0.382 e. The Balaban J connectivity index is 1.68. The highest BCUT2D eigenvalue weighted by molar-refractivity contribution is 6.30. The molecule has 1 aromatic rings. The predicted molar refractivity (Wildman–Crippen MR) is 85.4 cm³/mol. The monoisotopic (exact) mass is 324 g/mol. The SMILES string of the molecule is COC[C@@H]1CN([C@H]2CCN(c3cccc(Cl)c3)C2=O)CCO1. The molecule has 2 aliphatic heterocycles. The van der Waals surface area contributed by atoms with Crippen molar-refractivity contribution >= 4 is 23.2 Å². The average Bonchev–Trinajstić information content (AvgIpc) is 2.90. The minimum atomic E-state index is -0.0674. The molecule has 1 amide bonds. The topological polar surface area (TPSA) is 42.0 Å². The molecule has 3 rings (SSSR count). The molecule has 0 radical (unpaired) electrons. The second-order valence-electron chi connectivity index (χ2n) is 5.72. The Morgan fingerprint density at radius 2 is 2.27 bits per heavy atom. The fourth-order valence-corrected chi connectivity index (χ4v) is 3.40. The molecular weight excluding hydrogens is 304 g/mol. The van der Waals surface area contributed by atoms with Gasteiger partial charge in [-0.1, -0.05) is 17.7 Å². The van der Waals surface area contributed by atoms with Crippen molar-refractivity contribution in [2.45, 2.75) is 18.6 Å². The van der Waals surface area contributed by atoms with Gasteiger partial charge >= 0.3 is 0 Å². The summed E-state index contributed by atoms with van der Waals surface area (Å²) >= 11 is 6.03. The Hall–Kier alpha value is -1.14. The molecular formula is C16H21ClN2O3. The summed E-state index contributed by atoms with van der Waals surface area (Å²) in [4.78, 5) is 16.8. The van der Waals surface area contributed by atoms with Gasteiger partial charge in [0.2, 0.25) is 5.91 Å². The summed E-state index contributed by atoms with van der Waals surface area (Å²) in [5.41, 5.74) is 0.877. The van der Waals surface area contributed by atoms with Crippen LogP contribution < -0.4 is 4.90 Å². The number of amides is 1. The Morgan fingerprint density at radius 1 is 1.41 bits per heavy atom. The van der Waals surface area contributed by atoms with E-state index in [-0.39, 0.29) is 18.1 Å². The number of rotatable bonds is 4. The Kier molecular flexibility index (Phi) is 4.98. The molecule has 2 saturated heterocycles. The van der Waals surface area contributed by atoms with E-state index in [4.69, 9.17) is 21.1 Å². The lowest BCUT2D eigenvalue weighted by atomic mass is 10.1. The number of carbonyl (C=O) groups excluding carboxylic acids is 1. The Bertz CT molecular complexity index is 538. The third-order valence-electron chi connectivity index (χ3n) is 4.26. The Morgan fingerprint density at radius 3 is 3.05 bits per heavy atom. The fraction of sp³-hybridized carbons (Fsp3) is 0.562. The van der Waals surface area contributed by atoms with E-state index in [0.29, 0.717) is 18.2 Å². The van der Waals surface area contributed by atoms with Gasteiger partial charge in [-0.25, -0.2) is 0 Å². The quantitative estimate of drug-likeness (QED) is 0.847. The molecule has 0 saturated carbocycles. The highest BCUT2D eigenvalue weighted by atomic mass is 35.5. The van der Waals surface area contributed by atoms with E-state index in [9.17, 15) is 4.79 Å². The molecule has 1 aromatic carbocycles. The fourth-order valence-electron chi connectivity index (χ4n) is 3.22. The molecule has 0 unspecified atom stereocenters. The molecule has 6 heteroatoms. The van der Waals surface area contributed by atoms with Gasteiger partial charge in [-0.05, 0) is 24.6 Å². The maximum absolute atomic E-state index is 12.8. The van der Waals surface area contributed by atoms with Crippen LogP contribution in [0.15, 0.2) is 24.3 Å². The summed E-state index contributed by atoms with van der Waals surface area (Å²) in [6.45, 7) is 3.48. The molecule has 0 aromatic heterocycles. The van der Waals surface area contributed by atoms with Crippen molar-refractivity contribution in [2.24, 2.45) is 0 Å². The largest absolute Gasteiger partial charge is 0.382 e. The van der Waals surface area contributed by atoms with Gasteiger partial charge in [-0.15, -0.1) is 0 Å². The van der Waals surface area contributed by atoms with Crippen LogP contribution in [0.1, 0.15) is 6.42 Å². The van der Waals surface area contributed by atoms with Gasteiger partial charge < -0.3 is 14.4 Å². The zero-order valence-electron chi connectivity index (χ0n) is 12.7. The van der Waals surface area contributed by atoms with Gasteiger partial charge in [0.25, 0.3) is 0 Å². The van der Waals surface area contributed by atoms with Gasteiger partial charge in [0, 0.05) is 37.5 Å². The van der Waals surface area contributed by atoms with Crippen LogP contribution >= 0.6 is 11.6 Å². The number of halogens is 1. The number of anilines is 1. The first-order valence-electron chi connectivity index (χ1n) is 7.60. The van der Waals surface area contributed by atoms with E-state index in [2.05, 4.69) is 4.90 Å². The van der Waals surface area contributed by atoms with Gasteiger partial charge in [0.05, 0.1) is 25.4 Å². The molecule has 2 aliphatic rings. The summed E-state index contributed by atoms with van der Waals surface area (Å²) in [5, 5.41) is 0.653. The molecule has 2 fully saturated rings. The van der Waals surface area contributed by atoms with Crippen LogP contribution in [0, 0.1) is 0 Å². The van der Waals surface area contributed by atoms with Crippen LogP contribution in [-0.2, 0) is 14.3 Å². The van der Waals surface area contributed by atoms with Crippen LogP contribution in [-0.4, -0.2) is 62.9 Å². The standard InChI is InChI=1S/C16H21ClN2O3/c1-21-11-14-10-18(7-8-22-14)15-5-6-19(16(15)20)13-4-2-3-12(17)9-13/h2-4,9,14-15H,5-8,10-11H2,1H3/t14-,15-/m0/s1. The van der Waals surface area contributed by atoms with E-state index in [1.807, 2.05) is 29.2 Å². The lowest BCUT2D eigenvalue weighted by Gasteiger charge is -2.35. The van der Waals surface area contributed by atoms with E-state index in [0.717, 1.165) is 31.7 Å². The summed E-state index contributed by atoms with van der Waals surface area (Å²) in [6, 6.07) is 7.40. The number of ether oxygens (including phenoxy) is 2. The number of morpholine rings is 1. The van der Waals surface area contributed by atoms with Crippen molar-refractivity contribution < 1.29 is 14.3 Å². The Labute approximate surface area is 135 Å². The molecule has 2 atom stereocenters. The third-order valence-corrected chi connectivity index (χ3v) is 4.50. The average molecular weight is 325 g/mol. The second-order valence-corrected chi connectivity index (χ2v) is 6.15. The molecule has 0 N–H and O–H groups in total. The number of methoxy groups -OCH3 is 1. The molecule has 22 heavy (non-hydrogen) atoms. The molecule has 2 heterocycles. The van der Waals surface area contributed by atoms with Crippen molar-refractivity contribution in [3.8, 4) is 0 Å². The van der Waals surface area contributed by atoms with Crippen molar-refractivity contribution in [3.05, 3.63) is 29.3 Å². The van der Waals surface area contributed by atoms with Gasteiger partial charge in [0.1, 0.15) is 0 Å². The maximum atomic E-state index is 12.8. The van der Waals surface area contributed by atoms with Crippen LogP contribution in [0.3, 0.4) is 0 Å². The molecule has 0 bridgehead atoms. The van der Waals surface area contributed by atoms with Gasteiger partial charge in [0.15, 0.2) is 0 Å². The first-order valence-corrected chi connectivity index (χ1v) is 7.98. The summed E-state index contributed by atoms with van der Waals surface area (Å²) in [7, 11) is 1.67. The van der Waals surface area contributed by atoms with Gasteiger partial charge in [-0.2, -0.15) is 0 Å². The van der Waals surface area contributed by atoms with E-state index < -0.39 is 0 Å². The lowest BCUT2D eigenvalue weighted by molar-refractivity contribution is -0.126. The molecule has 0 spiro atoms. The molecule has 5 nitrogen and oxygen atoms in total. The third kappa shape index (κ3) is 3.27. The number of hydrogen-bond donors (Lipinski definition) is 0. The summed E-state index contributed by atoms with van der Waals surface area (Å²) in [6.07, 6.45) is 0.886. The van der Waals surface area contributed by atoms with Crippen LogP contribution in [0.4, 0.5) is 5.69 Å². The van der Waals surface area contributed by atoms with Crippen LogP contribution in [0.5, 0.6) is 0 Å². The van der Waals surface area contributed by atoms with Crippen molar-refractivity contribution in [2.75, 3.05) is 44.9 Å². The zero-order valence-corrected chi connectivity index (χ0v) is 13.5. The smallest absolute Gasteiger partial charge is 0.244 e. The highest BCUT2D eigenvalue weighted by Crippen LogP contribution is 2.27. The number of benzene rings is 1. The highest BCUT2D eigenvalue weighted by Gasteiger charge is 2.38. The number of carbonyl (C=O) groups is 1. The lowest BCUT2D eigenvalue weighted by Crippen LogP contribution is -2.51. The van der Waals surface area contributed by atoms with Gasteiger partial charge in [-0.3, -0.25) is 9.69 Å². The van der Waals surface area contributed by atoms with E-state index in [1.54, 1.807) is 7.11 Å². The van der Waals surface area contributed by atoms with E-state index in [1.165, 1.54) is 0 Å². The molecule has 0 aliphatic carbocycles. The van der Waals surface area contributed by atoms with E-state index >= 15 is 0 Å². The number of hydrogen-bond acceptors (Lipinski definition) is 4. The second kappa shape index (κ2) is 6.96. The number of nitrogens with zero attached hydrogens (tertiary/aromatic N) is 2. The molecule has 120 valence electrons. The summed E-state index contributed by atoms with van der Waals surface area (Å²) in [5.74, 6) is 0.153. The first-order chi connectivity index (χ1) is 10.7. The van der Waals surface area contributed by atoms with Crippen molar-refractivity contribution in [1.29, 1.82) is 0 Å². The van der Waals surface area contributed by atoms with Crippen molar-refractivity contribution in [3.63, 3.8) is 0 Å². The zero-order chi connectivity index (χ0) is 15.5. The normalized spacial score (nSPS) is 26.6. The minimum absolute atomic E-state index is 0.0479. The van der Waals surface area contributed by atoms with Crippen LogP contribution in [0.25, 0.3) is 0 Å². The van der Waals surface area contributed by atoms with Crippen molar-refractivity contribution in [1.82, 2.24) is 4.90 Å². The summed E-state index contributed by atoms with van der Waals surface area (Å²) < 4.78 is 10.8. The first kappa shape index (κ1) is 15.7. The van der Waals surface area contributed by atoms with Crippen LogP contribution in [0.2, 0.25) is 5.02 Å².